The van der Waals surface area contributed by atoms with Crippen molar-refractivity contribution in [1.29, 1.82) is 0 Å². The molecule has 2 N–H and O–H groups in total. The Kier molecular flexibility index (Phi) is 4.64. The first-order valence-corrected chi connectivity index (χ1v) is 6.69. The number of hydrogen-bond acceptors (Lipinski definition) is 2. The number of hydrogen-bond donors (Lipinski definition) is 2. The third-order valence-corrected chi connectivity index (χ3v) is 4.38. The number of carbonyl (C=O) groups is 1. The summed E-state index contributed by atoms with van der Waals surface area (Å²) in [6.45, 7) is 9.76. The molecule has 0 bridgehead atoms. The van der Waals surface area contributed by atoms with Gasteiger partial charge in [-0.25, -0.2) is 0 Å². The molecule has 0 aliphatic heterocycles. The highest BCUT2D eigenvalue weighted by Gasteiger charge is 2.43. The van der Waals surface area contributed by atoms with Crippen LogP contribution in [0.3, 0.4) is 0 Å². The Morgan fingerprint density at radius 1 is 1.32 bits per heavy atom. The van der Waals surface area contributed by atoms with Crippen LogP contribution in [0.2, 0.25) is 5.02 Å². The molecule has 0 unspecified atom stereocenters. The topological polar surface area (TPSA) is 49.3 Å². The van der Waals surface area contributed by atoms with E-state index in [2.05, 4.69) is 5.32 Å². The summed E-state index contributed by atoms with van der Waals surface area (Å²) < 4.78 is 0. The Morgan fingerprint density at radius 3 is 2.37 bits per heavy atom. The van der Waals surface area contributed by atoms with Crippen LogP contribution >= 0.6 is 11.6 Å². The minimum absolute atomic E-state index is 0.544. The molecule has 1 aromatic rings. The molecular weight excluding hydrogens is 262 g/mol. The molecule has 0 amide bonds. The number of carboxylic acids is 1. The first-order chi connectivity index (χ1) is 8.58. The highest BCUT2D eigenvalue weighted by atomic mass is 35.5. The summed E-state index contributed by atoms with van der Waals surface area (Å²) in [5, 5.41) is 13.3. The quantitative estimate of drug-likeness (QED) is 0.867. The third-order valence-electron chi connectivity index (χ3n) is 4.03. The van der Waals surface area contributed by atoms with Crippen molar-refractivity contribution in [2.24, 2.45) is 5.41 Å². The van der Waals surface area contributed by atoms with Crippen molar-refractivity contribution in [1.82, 2.24) is 5.32 Å². The lowest BCUT2D eigenvalue weighted by atomic mass is 9.74. The molecule has 1 aromatic carbocycles. The van der Waals surface area contributed by atoms with Gasteiger partial charge in [-0.3, -0.25) is 4.79 Å². The summed E-state index contributed by atoms with van der Waals surface area (Å²) in [6.07, 6.45) is 0. The minimum atomic E-state index is -0.871. The van der Waals surface area contributed by atoms with Crippen molar-refractivity contribution >= 4 is 17.6 Å². The van der Waals surface area contributed by atoms with Crippen molar-refractivity contribution < 1.29 is 9.90 Å². The lowest BCUT2D eigenvalue weighted by Crippen LogP contribution is -2.54. The molecule has 0 aliphatic rings. The maximum atomic E-state index is 11.3. The van der Waals surface area contributed by atoms with E-state index in [-0.39, 0.29) is 0 Å². The summed E-state index contributed by atoms with van der Waals surface area (Å²) in [5.74, 6) is -0.819. The first kappa shape index (κ1) is 16.0. The molecule has 0 radical (unpaired) electrons. The van der Waals surface area contributed by atoms with Gasteiger partial charge in [-0.05, 0) is 51.8 Å². The molecule has 1 rings (SSSR count). The van der Waals surface area contributed by atoms with E-state index in [4.69, 9.17) is 11.6 Å². The van der Waals surface area contributed by atoms with Crippen LogP contribution in [0.25, 0.3) is 0 Å². The zero-order valence-electron chi connectivity index (χ0n) is 12.2. The number of nitrogens with one attached hydrogen (secondary N) is 1. The van der Waals surface area contributed by atoms with Crippen molar-refractivity contribution in [2.75, 3.05) is 0 Å². The Morgan fingerprint density at radius 2 is 1.89 bits per heavy atom. The summed E-state index contributed by atoms with van der Waals surface area (Å²) in [7, 11) is 0. The number of benzene rings is 1. The summed E-state index contributed by atoms with van der Waals surface area (Å²) in [5.41, 5.74) is 0.664. The van der Waals surface area contributed by atoms with Crippen molar-refractivity contribution in [3.05, 3.63) is 34.3 Å². The maximum Gasteiger partial charge on any atom is 0.310 e. The van der Waals surface area contributed by atoms with Crippen LogP contribution < -0.4 is 5.32 Å². The number of halogens is 1. The van der Waals surface area contributed by atoms with Gasteiger partial charge in [-0.15, -0.1) is 0 Å². The predicted octanol–water partition coefficient (Wildman–Crippen LogP) is 3.63. The fourth-order valence-corrected chi connectivity index (χ4v) is 1.90. The smallest absolute Gasteiger partial charge is 0.310 e. The zero-order valence-corrected chi connectivity index (χ0v) is 12.9. The van der Waals surface area contributed by atoms with Gasteiger partial charge >= 0.3 is 5.97 Å². The molecule has 0 saturated carbocycles. The zero-order chi connectivity index (χ0) is 14.8. The van der Waals surface area contributed by atoms with Gasteiger partial charge in [0, 0.05) is 17.1 Å². The minimum Gasteiger partial charge on any atom is -0.481 e. The van der Waals surface area contributed by atoms with Crippen molar-refractivity contribution in [2.45, 2.75) is 46.7 Å². The maximum absolute atomic E-state index is 11.3. The van der Waals surface area contributed by atoms with Gasteiger partial charge in [0.2, 0.25) is 0 Å². The van der Waals surface area contributed by atoms with E-state index in [0.717, 1.165) is 11.1 Å². The summed E-state index contributed by atoms with van der Waals surface area (Å²) in [4.78, 5) is 11.3. The van der Waals surface area contributed by atoms with E-state index in [0.29, 0.717) is 11.6 Å². The van der Waals surface area contributed by atoms with E-state index in [9.17, 15) is 9.90 Å². The van der Waals surface area contributed by atoms with E-state index in [1.165, 1.54) is 0 Å². The highest BCUT2D eigenvalue weighted by Crippen LogP contribution is 2.31. The van der Waals surface area contributed by atoms with Crippen LogP contribution in [-0.2, 0) is 11.3 Å². The normalized spacial score (nSPS) is 12.5. The van der Waals surface area contributed by atoms with Crippen molar-refractivity contribution in [3.8, 4) is 0 Å². The Bertz CT molecular complexity index is 481. The van der Waals surface area contributed by atoms with Gasteiger partial charge in [0.05, 0.1) is 5.41 Å². The number of carboxylic acid groups (broad SMARTS) is 1. The van der Waals surface area contributed by atoms with Gasteiger partial charge in [0.25, 0.3) is 0 Å². The summed E-state index contributed by atoms with van der Waals surface area (Å²) in [6, 6.07) is 5.88. The van der Waals surface area contributed by atoms with Crippen molar-refractivity contribution in [3.63, 3.8) is 0 Å². The van der Waals surface area contributed by atoms with E-state index in [1.54, 1.807) is 13.8 Å². The second-order valence-corrected chi connectivity index (χ2v) is 6.41. The molecule has 0 heterocycles. The van der Waals surface area contributed by atoms with Gasteiger partial charge in [-0.1, -0.05) is 23.7 Å². The standard InChI is InChI=1S/C15H22ClNO2/c1-10-6-7-11(12(16)8-10)9-17-15(4,5)14(2,3)13(18)19/h6-8,17H,9H2,1-5H3,(H,18,19). The average Bonchev–Trinajstić information content (AvgIpc) is 2.27. The van der Waals surface area contributed by atoms with Gasteiger partial charge in [0.15, 0.2) is 0 Å². The van der Waals surface area contributed by atoms with E-state index in [1.807, 2.05) is 39.0 Å². The fourth-order valence-electron chi connectivity index (χ4n) is 1.60. The third kappa shape index (κ3) is 3.48. The number of aryl methyl sites for hydroxylation is 1. The van der Waals surface area contributed by atoms with Crippen LogP contribution in [0.4, 0.5) is 0 Å². The van der Waals surface area contributed by atoms with Crippen LogP contribution in [0.5, 0.6) is 0 Å². The molecule has 3 nitrogen and oxygen atoms in total. The molecule has 0 atom stereocenters. The molecule has 0 fully saturated rings. The lowest BCUT2D eigenvalue weighted by molar-refractivity contribution is -0.151. The van der Waals surface area contributed by atoms with Crippen LogP contribution in [0.15, 0.2) is 18.2 Å². The molecule has 106 valence electrons. The first-order valence-electron chi connectivity index (χ1n) is 6.31. The Hall–Kier alpha value is -1.06. The molecule has 19 heavy (non-hydrogen) atoms. The SMILES string of the molecule is Cc1ccc(CNC(C)(C)C(C)(C)C(=O)O)c(Cl)c1. The fraction of sp³-hybridized carbons (Fsp3) is 0.533. The van der Waals surface area contributed by atoms with Gasteiger partial charge < -0.3 is 10.4 Å². The van der Waals surface area contributed by atoms with Crippen LogP contribution in [-0.4, -0.2) is 16.6 Å². The van der Waals surface area contributed by atoms with E-state index >= 15 is 0 Å². The molecule has 0 saturated heterocycles. The molecule has 0 aliphatic carbocycles. The Labute approximate surface area is 120 Å². The molecule has 0 aromatic heterocycles. The van der Waals surface area contributed by atoms with Gasteiger partial charge in [-0.2, -0.15) is 0 Å². The van der Waals surface area contributed by atoms with Crippen LogP contribution in [0.1, 0.15) is 38.8 Å². The number of rotatable bonds is 5. The summed E-state index contributed by atoms with van der Waals surface area (Å²) >= 11 is 6.18. The molecule has 0 spiro atoms. The predicted molar refractivity (Wildman–Crippen MR) is 78.5 cm³/mol. The molecule has 4 heteroatoms. The number of aliphatic carboxylic acids is 1. The van der Waals surface area contributed by atoms with Crippen LogP contribution in [0, 0.1) is 12.3 Å². The lowest BCUT2D eigenvalue weighted by Gasteiger charge is -2.39. The molecular formula is C15H22ClNO2. The van der Waals surface area contributed by atoms with E-state index < -0.39 is 16.9 Å². The second kappa shape index (κ2) is 5.51. The monoisotopic (exact) mass is 283 g/mol. The average molecular weight is 284 g/mol. The Balaban J connectivity index is 2.83. The second-order valence-electron chi connectivity index (χ2n) is 6.00. The largest absolute Gasteiger partial charge is 0.481 e. The van der Waals surface area contributed by atoms with Gasteiger partial charge in [0.1, 0.15) is 0 Å². The highest BCUT2D eigenvalue weighted by molar-refractivity contribution is 6.31.